The average Bonchev–Trinajstić information content (AvgIpc) is 2.42. The number of thioether (sulfide) groups is 1. The minimum atomic E-state index is 0.651. The van der Waals surface area contributed by atoms with Gasteiger partial charge in [-0.2, -0.15) is 5.26 Å². The van der Waals surface area contributed by atoms with E-state index in [1.165, 1.54) is 5.56 Å². The third-order valence-corrected chi connectivity index (χ3v) is 3.45. The molecule has 0 saturated carbocycles. The highest BCUT2D eigenvalue weighted by molar-refractivity contribution is 7.98. The first-order valence-electron chi connectivity index (χ1n) is 6.10. The highest BCUT2D eigenvalue weighted by Gasteiger charge is 2.02. The van der Waals surface area contributed by atoms with Crippen LogP contribution in [-0.4, -0.2) is 19.9 Å². The van der Waals surface area contributed by atoms with E-state index in [0.29, 0.717) is 6.42 Å². The highest BCUT2D eigenvalue weighted by atomic mass is 32.2. The van der Waals surface area contributed by atoms with Crippen molar-refractivity contribution in [1.82, 2.24) is 5.32 Å². The molecule has 0 saturated heterocycles. The highest BCUT2D eigenvalue weighted by Crippen LogP contribution is 2.28. The lowest BCUT2D eigenvalue weighted by Crippen LogP contribution is -2.14. The molecular formula is C14H20N2OS. The van der Waals surface area contributed by atoms with Gasteiger partial charge in [-0.1, -0.05) is 6.07 Å². The molecule has 0 unspecified atom stereocenters. The molecule has 0 radical (unpaired) electrons. The summed E-state index contributed by atoms with van der Waals surface area (Å²) >= 11 is 1.69. The Kier molecular flexibility index (Phi) is 7.31. The van der Waals surface area contributed by atoms with Gasteiger partial charge >= 0.3 is 0 Å². The van der Waals surface area contributed by atoms with E-state index < -0.39 is 0 Å². The van der Waals surface area contributed by atoms with Crippen molar-refractivity contribution in [2.24, 2.45) is 0 Å². The fraction of sp³-hybridized carbons (Fsp3) is 0.500. The molecule has 0 amide bonds. The second kappa shape index (κ2) is 8.84. The predicted molar refractivity (Wildman–Crippen MR) is 75.9 cm³/mol. The van der Waals surface area contributed by atoms with E-state index in [9.17, 15) is 0 Å². The Labute approximate surface area is 114 Å². The Morgan fingerprint density at radius 1 is 1.39 bits per heavy atom. The molecule has 18 heavy (non-hydrogen) atoms. The molecule has 0 bridgehead atoms. The van der Waals surface area contributed by atoms with Gasteiger partial charge in [-0.05, 0) is 43.3 Å². The number of rotatable bonds is 8. The van der Waals surface area contributed by atoms with Crippen LogP contribution in [0.5, 0.6) is 5.75 Å². The molecule has 4 heteroatoms. The van der Waals surface area contributed by atoms with Crippen LogP contribution in [-0.2, 0) is 6.54 Å². The van der Waals surface area contributed by atoms with E-state index >= 15 is 0 Å². The summed E-state index contributed by atoms with van der Waals surface area (Å²) in [7, 11) is 1.70. The quantitative estimate of drug-likeness (QED) is 0.578. The summed E-state index contributed by atoms with van der Waals surface area (Å²) in [6, 6.07) is 8.45. The Morgan fingerprint density at radius 2 is 2.22 bits per heavy atom. The smallest absolute Gasteiger partial charge is 0.132 e. The summed E-state index contributed by atoms with van der Waals surface area (Å²) in [5, 5.41) is 11.8. The van der Waals surface area contributed by atoms with E-state index in [-0.39, 0.29) is 0 Å². The maximum Gasteiger partial charge on any atom is 0.132 e. The normalized spacial score (nSPS) is 10.1. The zero-order chi connectivity index (χ0) is 13.2. The average molecular weight is 264 g/mol. The van der Waals surface area contributed by atoms with Crippen LogP contribution < -0.4 is 10.1 Å². The van der Waals surface area contributed by atoms with Gasteiger partial charge in [0.05, 0.1) is 13.2 Å². The fourth-order valence-corrected chi connectivity index (χ4v) is 2.22. The number of ether oxygens (including phenoxy) is 1. The Bertz CT molecular complexity index is 401. The minimum absolute atomic E-state index is 0.651. The number of methoxy groups -OCH3 is 1. The number of hydrogen-bond donors (Lipinski definition) is 1. The topological polar surface area (TPSA) is 45.0 Å². The lowest BCUT2D eigenvalue weighted by atomic mass is 10.2. The molecule has 0 fully saturated rings. The van der Waals surface area contributed by atoms with Gasteiger partial charge in [0.15, 0.2) is 0 Å². The Balaban J connectivity index is 2.36. The second-order valence-corrected chi connectivity index (χ2v) is 4.83. The molecular weight excluding hydrogens is 244 g/mol. The van der Waals surface area contributed by atoms with Crippen LogP contribution >= 0.6 is 11.8 Å². The van der Waals surface area contributed by atoms with Gasteiger partial charge in [-0.3, -0.25) is 0 Å². The number of unbranched alkanes of at least 4 members (excludes halogenated alkanes) is 2. The third-order valence-electron chi connectivity index (χ3n) is 2.67. The van der Waals surface area contributed by atoms with Crippen molar-refractivity contribution in [1.29, 1.82) is 5.26 Å². The number of hydrogen-bond acceptors (Lipinski definition) is 4. The standard InChI is InChI=1S/C14H20N2OS/c1-17-13-10-12(6-7-14(13)18-2)11-16-9-5-3-4-8-15/h6-7,10,16H,3-5,9,11H2,1-2H3. The number of nitrogens with zero attached hydrogens (tertiary/aromatic N) is 1. The summed E-state index contributed by atoms with van der Waals surface area (Å²) in [4.78, 5) is 1.16. The molecule has 0 atom stereocenters. The molecule has 98 valence electrons. The largest absolute Gasteiger partial charge is 0.496 e. The monoisotopic (exact) mass is 264 g/mol. The SMILES string of the molecule is COc1cc(CNCCCCC#N)ccc1SC. The van der Waals surface area contributed by atoms with E-state index in [0.717, 1.165) is 36.6 Å². The molecule has 0 aromatic heterocycles. The molecule has 0 aliphatic rings. The maximum absolute atomic E-state index is 8.42. The summed E-state index contributed by atoms with van der Waals surface area (Å²) < 4.78 is 5.35. The van der Waals surface area contributed by atoms with Gasteiger partial charge in [0.1, 0.15) is 5.75 Å². The first kappa shape index (κ1) is 14.9. The molecule has 1 aromatic carbocycles. The number of nitrogens with one attached hydrogen (secondary N) is 1. The van der Waals surface area contributed by atoms with Crippen molar-refractivity contribution in [3.05, 3.63) is 23.8 Å². The number of nitriles is 1. The fourth-order valence-electron chi connectivity index (χ4n) is 1.68. The molecule has 0 aliphatic heterocycles. The van der Waals surface area contributed by atoms with Crippen LogP contribution in [0.3, 0.4) is 0 Å². The minimum Gasteiger partial charge on any atom is -0.496 e. The Morgan fingerprint density at radius 3 is 2.89 bits per heavy atom. The van der Waals surface area contributed by atoms with Gasteiger partial charge < -0.3 is 10.1 Å². The maximum atomic E-state index is 8.42. The van der Waals surface area contributed by atoms with Gasteiger partial charge in [0, 0.05) is 17.9 Å². The van der Waals surface area contributed by atoms with Crippen molar-refractivity contribution in [2.45, 2.75) is 30.7 Å². The van der Waals surface area contributed by atoms with Crippen molar-refractivity contribution >= 4 is 11.8 Å². The second-order valence-electron chi connectivity index (χ2n) is 3.98. The first-order valence-corrected chi connectivity index (χ1v) is 7.33. The lowest BCUT2D eigenvalue weighted by Gasteiger charge is -2.09. The van der Waals surface area contributed by atoms with Crippen LogP contribution in [0.4, 0.5) is 0 Å². The van der Waals surface area contributed by atoms with E-state index in [2.05, 4.69) is 29.6 Å². The van der Waals surface area contributed by atoms with Crippen molar-refractivity contribution in [3.8, 4) is 11.8 Å². The summed E-state index contributed by atoms with van der Waals surface area (Å²) in [6.07, 6.45) is 4.72. The summed E-state index contributed by atoms with van der Waals surface area (Å²) in [5.74, 6) is 0.936. The Hall–Kier alpha value is -1.18. The zero-order valence-corrected chi connectivity index (χ0v) is 11.8. The zero-order valence-electron chi connectivity index (χ0n) is 11.0. The molecule has 1 rings (SSSR count). The molecule has 1 aromatic rings. The van der Waals surface area contributed by atoms with Gasteiger partial charge in [0.25, 0.3) is 0 Å². The van der Waals surface area contributed by atoms with Crippen molar-refractivity contribution < 1.29 is 4.74 Å². The molecule has 3 nitrogen and oxygen atoms in total. The van der Waals surface area contributed by atoms with Crippen molar-refractivity contribution in [3.63, 3.8) is 0 Å². The van der Waals surface area contributed by atoms with Gasteiger partial charge in [-0.15, -0.1) is 11.8 Å². The third kappa shape index (κ3) is 4.99. The first-order chi connectivity index (χ1) is 8.81. The van der Waals surface area contributed by atoms with Crippen LogP contribution in [0.15, 0.2) is 23.1 Å². The number of benzene rings is 1. The van der Waals surface area contributed by atoms with E-state index in [1.54, 1.807) is 18.9 Å². The summed E-state index contributed by atoms with van der Waals surface area (Å²) in [5.41, 5.74) is 1.23. The van der Waals surface area contributed by atoms with Gasteiger partial charge in [0.2, 0.25) is 0 Å². The predicted octanol–water partition coefficient (Wildman–Crippen LogP) is 3.20. The van der Waals surface area contributed by atoms with Gasteiger partial charge in [-0.25, -0.2) is 0 Å². The lowest BCUT2D eigenvalue weighted by molar-refractivity contribution is 0.404. The molecule has 0 heterocycles. The van der Waals surface area contributed by atoms with E-state index in [4.69, 9.17) is 10.00 Å². The molecule has 0 aliphatic carbocycles. The van der Waals surface area contributed by atoms with Crippen LogP contribution in [0, 0.1) is 11.3 Å². The molecule has 0 spiro atoms. The van der Waals surface area contributed by atoms with E-state index in [1.807, 2.05) is 6.26 Å². The van der Waals surface area contributed by atoms with Crippen LogP contribution in [0.2, 0.25) is 0 Å². The molecule has 1 N–H and O–H groups in total. The van der Waals surface area contributed by atoms with Crippen molar-refractivity contribution in [2.75, 3.05) is 19.9 Å². The summed E-state index contributed by atoms with van der Waals surface area (Å²) in [6.45, 7) is 1.80. The van der Waals surface area contributed by atoms with Crippen LogP contribution in [0.25, 0.3) is 0 Å². The van der Waals surface area contributed by atoms with Crippen LogP contribution in [0.1, 0.15) is 24.8 Å².